The van der Waals surface area contributed by atoms with Crippen LogP contribution < -0.4 is 5.32 Å². The second kappa shape index (κ2) is 6.22. The Kier molecular flexibility index (Phi) is 4.63. The minimum atomic E-state index is 0.0844. The molecule has 6 heteroatoms. The SMILES string of the molecule is Cc1nc(SCC(=O)NC2CCCCC2C)n[nH]1. The molecule has 1 aliphatic rings. The number of rotatable bonds is 4. The number of thioether (sulfide) groups is 1. The molecule has 1 aromatic heterocycles. The first-order valence-electron chi connectivity index (χ1n) is 6.46. The van der Waals surface area contributed by atoms with Crippen LogP contribution in [0.5, 0.6) is 0 Å². The highest BCUT2D eigenvalue weighted by atomic mass is 32.2. The fraction of sp³-hybridized carbons (Fsp3) is 0.750. The Bertz CT molecular complexity index is 407. The second-order valence-corrected chi connectivity index (χ2v) is 5.87. The highest BCUT2D eigenvalue weighted by Crippen LogP contribution is 2.23. The minimum absolute atomic E-state index is 0.0844. The van der Waals surface area contributed by atoms with Crippen LogP contribution in [0.3, 0.4) is 0 Å². The van der Waals surface area contributed by atoms with Crippen LogP contribution in [0.4, 0.5) is 0 Å². The van der Waals surface area contributed by atoms with Crippen LogP contribution in [0.15, 0.2) is 5.16 Å². The van der Waals surface area contributed by atoms with Crippen molar-refractivity contribution < 1.29 is 4.79 Å². The molecule has 0 saturated heterocycles. The zero-order chi connectivity index (χ0) is 13.0. The summed E-state index contributed by atoms with van der Waals surface area (Å²) in [6.07, 6.45) is 4.84. The molecule has 1 saturated carbocycles. The van der Waals surface area contributed by atoms with Crippen molar-refractivity contribution in [3.63, 3.8) is 0 Å². The van der Waals surface area contributed by atoms with E-state index in [2.05, 4.69) is 27.4 Å². The molecule has 0 radical (unpaired) electrons. The number of aromatic nitrogens is 3. The van der Waals surface area contributed by atoms with Gasteiger partial charge in [0, 0.05) is 6.04 Å². The van der Waals surface area contributed by atoms with Crippen LogP contribution in [0.25, 0.3) is 0 Å². The molecule has 0 aromatic carbocycles. The van der Waals surface area contributed by atoms with Gasteiger partial charge in [0.2, 0.25) is 11.1 Å². The molecule has 18 heavy (non-hydrogen) atoms. The molecule has 1 aromatic rings. The van der Waals surface area contributed by atoms with Gasteiger partial charge in [0.25, 0.3) is 0 Å². The van der Waals surface area contributed by atoms with Crippen LogP contribution in [0.2, 0.25) is 0 Å². The number of H-pyrrole nitrogens is 1. The first-order valence-corrected chi connectivity index (χ1v) is 7.45. The average molecular weight is 268 g/mol. The molecule has 2 N–H and O–H groups in total. The fourth-order valence-electron chi connectivity index (χ4n) is 2.30. The predicted octanol–water partition coefficient (Wildman–Crippen LogP) is 1.90. The third-order valence-electron chi connectivity index (χ3n) is 3.37. The van der Waals surface area contributed by atoms with Gasteiger partial charge in [-0.2, -0.15) is 0 Å². The third-order valence-corrected chi connectivity index (χ3v) is 4.21. The van der Waals surface area contributed by atoms with Gasteiger partial charge in [0.1, 0.15) is 5.82 Å². The summed E-state index contributed by atoms with van der Waals surface area (Å²) in [4.78, 5) is 16.0. The topological polar surface area (TPSA) is 70.7 Å². The number of carbonyl (C=O) groups excluding carboxylic acids is 1. The van der Waals surface area contributed by atoms with Crippen molar-refractivity contribution in [1.29, 1.82) is 0 Å². The molecule has 1 fully saturated rings. The molecule has 2 rings (SSSR count). The average Bonchev–Trinajstić information content (AvgIpc) is 2.76. The van der Waals surface area contributed by atoms with Gasteiger partial charge in [-0.1, -0.05) is 31.5 Å². The molecule has 2 unspecified atom stereocenters. The van der Waals surface area contributed by atoms with E-state index in [1.165, 1.54) is 31.0 Å². The van der Waals surface area contributed by atoms with Gasteiger partial charge in [0.05, 0.1) is 5.75 Å². The lowest BCUT2D eigenvalue weighted by molar-refractivity contribution is -0.119. The Morgan fingerprint density at radius 2 is 2.28 bits per heavy atom. The Labute approximate surface area is 112 Å². The van der Waals surface area contributed by atoms with Crippen molar-refractivity contribution in [2.45, 2.75) is 50.7 Å². The van der Waals surface area contributed by atoms with Gasteiger partial charge in [-0.15, -0.1) is 5.10 Å². The Morgan fingerprint density at radius 1 is 1.50 bits per heavy atom. The number of amides is 1. The van der Waals surface area contributed by atoms with Crippen molar-refractivity contribution in [2.75, 3.05) is 5.75 Å². The molecule has 0 spiro atoms. The van der Waals surface area contributed by atoms with E-state index < -0.39 is 0 Å². The van der Waals surface area contributed by atoms with Crippen molar-refractivity contribution >= 4 is 17.7 Å². The number of aromatic amines is 1. The van der Waals surface area contributed by atoms with Gasteiger partial charge in [-0.25, -0.2) is 4.98 Å². The zero-order valence-corrected chi connectivity index (χ0v) is 11.7. The number of hydrogen-bond donors (Lipinski definition) is 2. The summed E-state index contributed by atoms with van der Waals surface area (Å²) in [6.45, 7) is 4.07. The van der Waals surface area contributed by atoms with Crippen LogP contribution in [0, 0.1) is 12.8 Å². The number of nitrogens with zero attached hydrogens (tertiary/aromatic N) is 2. The quantitative estimate of drug-likeness (QED) is 0.818. The molecule has 1 aliphatic carbocycles. The Balaban J connectivity index is 1.74. The Morgan fingerprint density at radius 3 is 2.94 bits per heavy atom. The number of carbonyl (C=O) groups is 1. The van der Waals surface area contributed by atoms with Crippen LogP contribution in [-0.4, -0.2) is 32.9 Å². The third kappa shape index (κ3) is 3.73. The van der Waals surface area contributed by atoms with E-state index in [0.29, 0.717) is 22.9 Å². The summed E-state index contributed by atoms with van der Waals surface area (Å²) < 4.78 is 0. The zero-order valence-electron chi connectivity index (χ0n) is 10.9. The molecule has 2 atom stereocenters. The Hall–Kier alpha value is -1.04. The van der Waals surface area contributed by atoms with E-state index in [1.54, 1.807) is 0 Å². The summed E-state index contributed by atoms with van der Waals surface area (Å²) >= 11 is 1.37. The maximum Gasteiger partial charge on any atom is 0.230 e. The lowest BCUT2D eigenvalue weighted by atomic mass is 9.86. The molecular weight excluding hydrogens is 248 g/mol. The monoisotopic (exact) mass is 268 g/mol. The van der Waals surface area contributed by atoms with E-state index in [9.17, 15) is 4.79 Å². The van der Waals surface area contributed by atoms with Gasteiger partial charge < -0.3 is 5.32 Å². The first-order chi connectivity index (χ1) is 8.65. The van der Waals surface area contributed by atoms with E-state index >= 15 is 0 Å². The molecule has 5 nitrogen and oxygen atoms in total. The van der Waals surface area contributed by atoms with E-state index in [-0.39, 0.29) is 5.91 Å². The van der Waals surface area contributed by atoms with Crippen LogP contribution in [-0.2, 0) is 4.79 Å². The molecule has 0 bridgehead atoms. The summed E-state index contributed by atoms with van der Waals surface area (Å²) in [6, 6.07) is 0.348. The lowest BCUT2D eigenvalue weighted by Gasteiger charge is -2.29. The maximum absolute atomic E-state index is 11.8. The van der Waals surface area contributed by atoms with Gasteiger partial charge in [0.15, 0.2) is 0 Å². The van der Waals surface area contributed by atoms with Crippen molar-refractivity contribution in [1.82, 2.24) is 20.5 Å². The lowest BCUT2D eigenvalue weighted by Crippen LogP contribution is -2.41. The number of aryl methyl sites for hydroxylation is 1. The summed E-state index contributed by atoms with van der Waals surface area (Å²) in [5.41, 5.74) is 0. The number of hydrogen-bond acceptors (Lipinski definition) is 4. The molecule has 100 valence electrons. The summed E-state index contributed by atoms with van der Waals surface area (Å²) in [7, 11) is 0. The van der Waals surface area contributed by atoms with Crippen LogP contribution >= 0.6 is 11.8 Å². The van der Waals surface area contributed by atoms with Gasteiger partial charge in [-0.05, 0) is 25.7 Å². The highest BCUT2D eigenvalue weighted by molar-refractivity contribution is 7.99. The largest absolute Gasteiger partial charge is 0.352 e. The standard InChI is InChI=1S/C12H20N4OS/c1-8-5-3-4-6-10(8)14-11(17)7-18-12-13-9(2)15-16-12/h8,10H,3-7H2,1-2H3,(H,14,17)(H,13,15,16). The summed E-state index contributed by atoms with van der Waals surface area (Å²) in [5.74, 6) is 1.85. The first kappa shape index (κ1) is 13.4. The van der Waals surface area contributed by atoms with Crippen molar-refractivity contribution in [3.8, 4) is 0 Å². The molecule has 1 amide bonds. The highest BCUT2D eigenvalue weighted by Gasteiger charge is 2.22. The predicted molar refractivity (Wildman–Crippen MR) is 71.4 cm³/mol. The van der Waals surface area contributed by atoms with Gasteiger partial charge in [-0.3, -0.25) is 9.89 Å². The van der Waals surface area contributed by atoms with Crippen molar-refractivity contribution in [2.24, 2.45) is 5.92 Å². The molecular formula is C12H20N4OS. The van der Waals surface area contributed by atoms with E-state index in [0.717, 1.165) is 12.2 Å². The fourth-order valence-corrected chi connectivity index (χ4v) is 2.95. The number of nitrogens with one attached hydrogen (secondary N) is 2. The minimum Gasteiger partial charge on any atom is -0.352 e. The van der Waals surface area contributed by atoms with Gasteiger partial charge >= 0.3 is 0 Å². The van der Waals surface area contributed by atoms with Crippen LogP contribution in [0.1, 0.15) is 38.4 Å². The molecule has 0 aliphatic heterocycles. The van der Waals surface area contributed by atoms with E-state index in [1.807, 2.05) is 6.92 Å². The normalized spacial score (nSPS) is 23.9. The molecule has 1 heterocycles. The maximum atomic E-state index is 11.8. The summed E-state index contributed by atoms with van der Waals surface area (Å²) in [5, 5.41) is 10.5. The van der Waals surface area contributed by atoms with Crippen molar-refractivity contribution in [3.05, 3.63) is 5.82 Å². The smallest absolute Gasteiger partial charge is 0.230 e. The second-order valence-electron chi connectivity index (χ2n) is 4.93. The van der Waals surface area contributed by atoms with E-state index in [4.69, 9.17) is 0 Å².